The minimum atomic E-state index is -0.789. The molecule has 8 heteroatoms. The van der Waals surface area contributed by atoms with Crippen molar-refractivity contribution in [1.82, 2.24) is 9.97 Å². The predicted molar refractivity (Wildman–Crippen MR) is 82.7 cm³/mol. The molecule has 19 heavy (non-hydrogen) atoms. The van der Waals surface area contributed by atoms with Gasteiger partial charge in [-0.2, -0.15) is 16.7 Å². The van der Waals surface area contributed by atoms with Crippen molar-refractivity contribution in [1.29, 1.82) is 0 Å². The van der Waals surface area contributed by atoms with Crippen molar-refractivity contribution in [2.45, 2.75) is 12.5 Å². The molecule has 0 spiro atoms. The van der Waals surface area contributed by atoms with Crippen LogP contribution in [0.15, 0.2) is 11.4 Å². The Bertz CT molecular complexity index is 557. The van der Waals surface area contributed by atoms with Gasteiger partial charge in [-0.15, -0.1) is 11.3 Å². The Kier molecular flexibility index (Phi) is 4.46. The Hall–Kier alpha value is -1.09. The van der Waals surface area contributed by atoms with Gasteiger partial charge in [0.2, 0.25) is 5.95 Å². The van der Waals surface area contributed by atoms with Crippen LogP contribution in [0.4, 0.5) is 11.8 Å². The van der Waals surface area contributed by atoms with E-state index in [1.54, 1.807) is 18.7 Å². The van der Waals surface area contributed by atoms with Crippen LogP contribution in [0, 0.1) is 0 Å². The van der Waals surface area contributed by atoms with Gasteiger partial charge >= 0.3 is 0 Å². The van der Waals surface area contributed by atoms with Gasteiger partial charge in [-0.05, 0) is 24.6 Å². The molecule has 0 saturated heterocycles. The number of aliphatic hydroxyl groups is 1. The van der Waals surface area contributed by atoms with Gasteiger partial charge in [0.25, 0.3) is 0 Å². The lowest BCUT2D eigenvalue weighted by atomic mass is 10.1. The number of aromatic nitrogens is 2. The van der Waals surface area contributed by atoms with E-state index in [1.807, 2.05) is 17.7 Å². The highest BCUT2D eigenvalue weighted by molar-refractivity contribution is 7.98. The number of nitrogen functional groups attached to an aromatic ring is 1. The molecule has 0 bridgehead atoms. The molecule has 2 aromatic rings. The van der Waals surface area contributed by atoms with Crippen LogP contribution in [-0.2, 0) is 0 Å². The fourth-order valence-corrected chi connectivity index (χ4v) is 3.18. The average molecular weight is 299 g/mol. The van der Waals surface area contributed by atoms with E-state index >= 15 is 0 Å². The maximum atomic E-state index is 10.2. The van der Waals surface area contributed by atoms with Crippen LogP contribution in [-0.4, -0.2) is 39.2 Å². The third-order valence-corrected chi connectivity index (χ3v) is 4.26. The molecule has 0 aromatic carbocycles. The summed E-state index contributed by atoms with van der Waals surface area (Å²) in [4.78, 5) is 9.40. The lowest BCUT2D eigenvalue weighted by Crippen LogP contribution is -2.36. The van der Waals surface area contributed by atoms with Crippen molar-refractivity contribution in [2.24, 2.45) is 5.84 Å². The molecule has 1 atom stereocenters. The minimum absolute atomic E-state index is 0.363. The smallest absolute Gasteiger partial charge is 0.240 e. The Morgan fingerprint density at radius 2 is 2.32 bits per heavy atom. The number of thiophene rings is 1. The van der Waals surface area contributed by atoms with Gasteiger partial charge in [0, 0.05) is 12.3 Å². The molecule has 5 N–H and O–H groups in total. The van der Waals surface area contributed by atoms with E-state index in [0.29, 0.717) is 24.1 Å². The zero-order valence-electron chi connectivity index (χ0n) is 10.8. The monoisotopic (exact) mass is 299 g/mol. The number of nitrogens with zero attached hydrogens (tertiary/aromatic N) is 2. The van der Waals surface area contributed by atoms with Crippen LogP contribution in [0.1, 0.15) is 6.92 Å². The number of nitrogens with two attached hydrogens (primary N) is 1. The zero-order valence-corrected chi connectivity index (χ0v) is 12.4. The number of nitrogens with one attached hydrogen (secondary N) is 2. The van der Waals surface area contributed by atoms with Crippen molar-refractivity contribution in [3.05, 3.63) is 11.4 Å². The summed E-state index contributed by atoms with van der Waals surface area (Å²) < 4.78 is 0. The molecule has 0 aliphatic carbocycles. The summed E-state index contributed by atoms with van der Waals surface area (Å²) >= 11 is 3.12. The molecule has 2 heterocycles. The fraction of sp³-hybridized carbons (Fsp3) is 0.455. The first-order valence-corrected chi connectivity index (χ1v) is 8.00. The van der Waals surface area contributed by atoms with Gasteiger partial charge in [-0.1, -0.05) is 0 Å². The zero-order chi connectivity index (χ0) is 13.9. The highest BCUT2D eigenvalue weighted by Gasteiger charge is 2.20. The predicted octanol–water partition coefficient (Wildman–Crippen LogP) is 1.50. The first kappa shape index (κ1) is 14.3. The standard InChI is InChI=1S/C11H17N5OS2/c1-11(17,6-18-2)5-13-8-7-3-4-19-9(7)15-10(14-8)16-12/h3-4,17H,5-6,12H2,1-2H3,(H2,13,14,15,16). The molecule has 0 aliphatic rings. The normalized spacial score (nSPS) is 14.3. The van der Waals surface area contributed by atoms with Crippen molar-refractivity contribution in [2.75, 3.05) is 29.3 Å². The maximum Gasteiger partial charge on any atom is 0.240 e. The third-order valence-electron chi connectivity index (χ3n) is 2.55. The van der Waals surface area contributed by atoms with Crippen LogP contribution in [0.2, 0.25) is 0 Å². The summed E-state index contributed by atoms with van der Waals surface area (Å²) in [7, 11) is 0. The molecular weight excluding hydrogens is 282 g/mol. The molecule has 2 rings (SSSR count). The first-order chi connectivity index (χ1) is 9.05. The molecule has 6 nitrogen and oxygen atoms in total. The van der Waals surface area contributed by atoms with Gasteiger partial charge in [-0.25, -0.2) is 10.8 Å². The summed E-state index contributed by atoms with van der Waals surface area (Å²) in [6.45, 7) is 2.21. The van der Waals surface area contributed by atoms with E-state index in [-0.39, 0.29) is 0 Å². The van der Waals surface area contributed by atoms with Crippen LogP contribution in [0.5, 0.6) is 0 Å². The Balaban J connectivity index is 2.22. The van der Waals surface area contributed by atoms with Crippen molar-refractivity contribution in [3.63, 3.8) is 0 Å². The maximum absolute atomic E-state index is 10.2. The summed E-state index contributed by atoms with van der Waals surface area (Å²) in [5, 5.41) is 16.2. The topological polar surface area (TPSA) is 96.1 Å². The quantitative estimate of drug-likeness (QED) is 0.474. The SMILES string of the molecule is CSCC(C)(O)CNc1nc(NN)nc2sccc12. The number of anilines is 2. The van der Waals surface area contributed by atoms with E-state index in [4.69, 9.17) is 5.84 Å². The lowest BCUT2D eigenvalue weighted by Gasteiger charge is -2.23. The Morgan fingerprint density at radius 1 is 1.53 bits per heavy atom. The highest BCUT2D eigenvalue weighted by atomic mass is 32.2. The molecule has 0 saturated carbocycles. The second-order valence-electron chi connectivity index (χ2n) is 4.46. The number of hydrogen-bond donors (Lipinski definition) is 4. The van der Waals surface area contributed by atoms with Gasteiger partial charge in [0.1, 0.15) is 10.6 Å². The van der Waals surface area contributed by atoms with Crippen LogP contribution >= 0.6 is 23.1 Å². The van der Waals surface area contributed by atoms with Crippen molar-refractivity contribution in [3.8, 4) is 0 Å². The van der Waals surface area contributed by atoms with Gasteiger partial charge in [0.05, 0.1) is 11.0 Å². The van der Waals surface area contributed by atoms with Crippen molar-refractivity contribution >= 4 is 45.1 Å². The van der Waals surface area contributed by atoms with E-state index in [9.17, 15) is 5.11 Å². The van der Waals surface area contributed by atoms with Crippen LogP contribution < -0.4 is 16.6 Å². The van der Waals surface area contributed by atoms with Crippen LogP contribution in [0.3, 0.4) is 0 Å². The molecule has 0 amide bonds. The van der Waals surface area contributed by atoms with E-state index in [1.165, 1.54) is 11.3 Å². The summed E-state index contributed by atoms with van der Waals surface area (Å²) in [6.07, 6.45) is 1.96. The van der Waals surface area contributed by atoms with Gasteiger partial charge < -0.3 is 10.4 Å². The van der Waals surface area contributed by atoms with Crippen LogP contribution in [0.25, 0.3) is 10.2 Å². The summed E-state index contributed by atoms with van der Waals surface area (Å²) in [6, 6.07) is 1.95. The fourth-order valence-electron chi connectivity index (χ4n) is 1.69. The molecule has 104 valence electrons. The Morgan fingerprint density at radius 3 is 3.00 bits per heavy atom. The Labute approximate surface area is 119 Å². The molecule has 0 radical (unpaired) electrons. The third kappa shape index (κ3) is 3.47. The summed E-state index contributed by atoms with van der Waals surface area (Å²) in [5.41, 5.74) is 1.66. The summed E-state index contributed by atoms with van der Waals surface area (Å²) in [5.74, 6) is 7.05. The number of fused-ring (bicyclic) bond motifs is 1. The van der Waals surface area contributed by atoms with Gasteiger partial charge in [0.15, 0.2) is 0 Å². The molecular formula is C11H17N5OS2. The molecule has 0 fully saturated rings. The van der Waals surface area contributed by atoms with Crippen molar-refractivity contribution < 1.29 is 5.11 Å². The van der Waals surface area contributed by atoms with Gasteiger partial charge in [-0.3, -0.25) is 5.43 Å². The van der Waals surface area contributed by atoms with E-state index in [2.05, 4.69) is 20.7 Å². The number of hydrogen-bond acceptors (Lipinski definition) is 8. The lowest BCUT2D eigenvalue weighted by molar-refractivity contribution is 0.0996. The van der Waals surface area contributed by atoms with E-state index in [0.717, 1.165) is 10.2 Å². The largest absolute Gasteiger partial charge is 0.387 e. The molecule has 2 aromatic heterocycles. The average Bonchev–Trinajstić information content (AvgIpc) is 2.83. The second-order valence-corrected chi connectivity index (χ2v) is 6.22. The first-order valence-electron chi connectivity index (χ1n) is 5.73. The highest BCUT2D eigenvalue weighted by Crippen LogP contribution is 2.26. The minimum Gasteiger partial charge on any atom is -0.387 e. The number of hydrazine groups is 1. The van der Waals surface area contributed by atoms with E-state index < -0.39 is 5.60 Å². The number of thioether (sulfide) groups is 1. The molecule has 0 aliphatic heterocycles. The number of rotatable bonds is 6. The molecule has 1 unspecified atom stereocenters. The second kappa shape index (κ2) is 5.91.